The highest BCUT2D eigenvalue weighted by atomic mass is 16.1. The van der Waals surface area contributed by atoms with E-state index in [4.69, 9.17) is 0 Å². The molecule has 0 radical (unpaired) electrons. The number of nitrogens with one attached hydrogen (secondary N) is 1. The van der Waals surface area contributed by atoms with E-state index < -0.39 is 0 Å². The van der Waals surface area contributed by atoms with Crippen molar-refractivity contribution in [3.8, 4) is 0 Å². The number of benzene rings is 1. The van der Waals surface area contributed by atoms with Crippen molar-refractivity contribution in [3.63, 3.8) is 0 Å². The minimum Gasteiger partial charge on any atom is -0.356 e. The Kier molecular flexibility index (Phi) is 5.75. The number of aryl methyl sites for hydroxylation is 1. The van der Waals surface area contributed by atoms with Crippen LogP contribution in [0.1, 0.15) is 37.8 Å². The van der Waals surface area contributed by atoms with E-state index in [-0.39, 0.29) is 11.8 Å². The molecule has 1 rings (SSSR count). The topological polar surface area (TPSA) is 29.1 Å². The van der Waals surface area contributed by atoms with Crippen molar-refractivity contribution in [1.82, 2.24) is 5.32 Å². The van der Waals surface area contributed by atoms with E-state index in [1.807, 2.05) is 19.1 Å². The van der Waals surface area contributed by atoms with E-state index in [0.717, 1.165) is 25.8 Å². The minimum absolute atomic E-state index is 0.136. The smallest absolute Gasteiger partial charge is 0.222 e. The highest BCUT2D eigenvalue weighted by Crippen LogP contribution is 2.08. The Labute approximate surface area is 104 Å². The monoisotopic (exact) mass is 233 g/mol. The summed E-state index contributed by atoms with van der Waals surface area (Å²) in [6, 6.07) is 8.32. The second-order valence-corrected chi connectivity index (χ2v) is 4.66. The Morgan fingerprint density at radius 2 is 2.06 bits per heavy atom. The van der Waals surface area contributed by atoms with Gasteiger partial charge in [0.15, 0.2) is 0 Å². The summed E-state index contributed by atoms with van der Waals surface area (Å²) < 4.78 is 0. The quantitative estimate of drug-likeness (QED) is 0.803. The van der Waals surface area contributed by atoms with E-state index in [2.05, 4.69) is 31.3 Å². The van der Waals surface area contributed by atoms with Gasteiger partial charge in [-0.25, -0.2) is 0 Å². The van der Waals surface area contributed by atoms with Crippen LogP contribution in [-0.4, -0.2) is 12.5 Å². The molecule has 1 aromatic carbocycles. The SMILES string of the molecule is CCCC(C)C(=O)NCCc1ccccc1C. The van der Waals surface area contributed by atoms with Crippen LogP contribution in [0.25, 0.3) is 0 Å². The van der Waals surface area contributed by atoms with Gasteiger partial charge in [-0.05, 0) is 30.9 Å². The van der Waals surface area contributed by atoms with Crippen molar-refractivity contribution in [3.05, 3.63) is 35.4 Å². The first-order valence-electron chi connectivity index (χ1n) is 6.47. The van der Waals surface area contributed by atoms with Gasteiger partial charge in [-0.1, -0.05) is 44.5 Å². The molecule has 17 heavy (non-hydrogen) atoms. The van der Waals surface area contributed by atoms with Gasteiger partial charge in [-0.2, -0.15) is 0 Å². The Hall–Kier alpha value is -1.31. The van der Waals surface area contributed by atoms with Crippen molar-refractivity contribution in [1.29, 1.82) is 0 Å². The molecule has 0 aliphatic heterocycles. The fourth-order valence-electron chi connectivity index (χ4n) is 1.95. The van der Waals surface area contributed by atoms with E-state index in [9.17, 15) is 4.79 Å². The second-order valence-electron chi connectivity index (χ2n) is 4.66. The van der Waals surface area contributed by atoms with Crippen LogP contribution in [-0.2, 0) is 11.2 Å². The van der Waals surface area contributed by atoms with E-state index in [1.165, 1.54) is 11.1 Å². The summed E-state index contributed by atoms with van der Waals surface area (Å²) in [6.07, 6.45) is 2.94. The molecule has 2 nitrogen and oxygen atoms in total. The molecule has 1 aromatic rings. The fraction of sp³-hybridized carbons (Fsp3) is 0.533. The number of rotatable bonds is 6. The predicted molar refractivity (Wildman–Crippen MR) is 72.0 cm³/mol. The zero-order valence-electron chi connectivity index (χ0n) is 11.1. The number of amides is 1. The molecular formula is C15H23NO. The van der Waals surface area contributed by atoms with Crippen LogP contribution in [0.3, 0.4) is 0 Å². The predicted octanol–water partition coefficient (Wildman–Crippen LogP) is 3.09. The first kappa shape index (κ1) is 13.8. The third-order valence-electron chi connectivity index (χ3n) is 3.12. The lowest BCUT2D eigenvalue weighted by molar-refractivity contribution is -0.124. The molecule has 1 amide bonds. The van der Waals surface area contributed by atoms with Gasteiger partial charge < -0.3 is 5.32 Å². The Morgan fingerprint density at radius 1 is 1.35 bits per heavy atom. The third kappa shape index (κ3) is 4.59. The summed E-state index contributed by atoms with van der Waals surface area (Å²) in [5, 5.41) is 3.00. The maximum Gasteiger partial charge on any atom is 0.222 e. The standard InChI is InChI=1S/C15H23NO/c1-4-7-13(3)15(17)16-11-10-14-9-6-5-8-12(14)2/h5-6,8-9,13H,4,7,10-11H2,1-3H3,(H,16,17). The number of carbonyl (C=O) groups is 1. The lowest BCUT2D eigenvalue weighted by atomic mass is 10.0. The average Bonchev–Trinajstić information content (AvgIpc) is 2.31. The molecule has 0 aliphatic rings. The molecule has 1 unspecified atom stereocenters. The number of hydrogen-bond acceptors (Lipinski definition) is 1. The summed E-state index contributed by atoms with van der Waals surface area (Å²) in [6.45, 7) is 6.94. The molecule has 0 saturated heterocycles. The second kappa shape index (κ2) is 7.10. The first-order valence-corrected chi connectivity index (χ1v) is 6.47. The van der Waals surface area contributed by atoms with Gasteiger partial charge >= 0.3 is 0 Å². The summed E-state index contributed by atoms with van der Waals surface area (Å²) in [7, 11) is 0. The van der Waals surface area contributed by atoms with Crippen LogP contribution in [0.4, 0.5) is 0 Å². The number of hydrogen-bond donors (Lipinski definition) is 1. The van der Waals surface area contributed by atoms with Gasteiger partial charge in [0.1, 0.15) is 0 Å². The van der Waals surface area contributed by atoms with Crippen LogP contribution < -0.4 is 5.32 Å². The summed E-state index contributed by atoms with van der Waals surface area (Å²) in [5.74, 6) is 0.317. The average molecular weight is 233 g/mol. The molecule has 1 atom stereocenters. The van der Waals surface area contributed by atoms with Gasteiger partial charge in [-0.15, -0.1) is 0 Å². The normalized spacial score (nSPS) is 12.2. The highest BCUT2D eigenvalue weighted by molar-refractivity contribution is 5.78. The van der Waals surface area contributed by atoms with Gasteiger partial charge in [0.25, 0.3) is 0 Å². The molecule has 0 saturated carbocycles. The molecule has 2 heteroatoms. The van der Waals surface area contributed by atoms with Gasteiger partial charge in [0.2, 0.25) is 5.91 Å². The largest absolute Gasteiger partial charge is 0.356 e. The van der Waals surface area contributed by atoms with Crippen molar-refractivity contribution in [2.45, 2.75) is 40.0 Å². The van der Waals surface area contributed by atoms with Crippen molar-refractivity contribution in [2.24, 2.45) is 5.92 Å². The molecule has 0 aromatic heterocycles. The molecule has 0 fully saturated rings. The lowest BCUT2D eigenvalue weighted by Gasteiger charge is -2.11. The summed E-state index contributed by atoms with van der Waals surface area (Å²) in [5.41, 5.74) is 2.61. The summed E-state index contributed by atoms with van der Waals surface area (Å²) >= 11 is 0. The van der Waals surface area contributed by atoms with Crippen LogP contribution in [0.5, 0.6) is 0 Å². The Bertz CT molecular complexity index is 360. The molecular weight excluding hydrogens is 210 g/mol. The van der Waals surface area contributed by atoms with Crippen LogP contribution in [0.2, 0.25) is 0 Å². The third-order valence-corrected chi connectivity index (χ3v) is 3.12. The molecule has 94 valence electrons. The van der Waals surface area contributed by atoms with E-state index in [1.54, 1.807) is 0 Å². The zero-order chi connectivity index (χ0) is 12.7. The maximum atomic E-state index is 11.7. The van der Waals surface area contributed by atoms with Crippen LogP contribution in [0, 0.1) is 12.8 Å². The molecule has 0 spiro atoms. The van der Waals surface area contributed by atoms with E-state index in [0.29, 0.717) is 0 Å². The highest BCUT2D eigenvalue weighted by Gasteiger charge is 2.10. The van der Waals surface area contributed by atoms with Gasteiger partial charge in [-0.3, -0.25) is 4.79 Å². The molecule has 0 heterocycles. The Morgan fingerprint density at radius 3 is 2.71 bits per heavy atom. The van der Waals surface area contributed by atoms with Crippen LogP contribution in [0.15, 0.2) is 24.3 Å². The van der Waals surface area contributed by atoms with E-state index >= 15 is 0 Å². The maximum absolute atomic E-state index is 11.7. The lowest BCUT2D eigenvalue weighted by Crippen LogP contribution is -2.30. The summed E-state index contributed by atoms with van der Waals surface area (Å²) in [4.78, 5) is 11.7. The van der Waals surface area contributed by atoms with Gasteiger partial charge in [0.05, 0.1) is 0 Å². The number of carbonyl (C=O) groups excluding carboxylic acids is 1. The fourth-order valence-corrected chi connectivity index (χ4v) is 1.95. The van der Waals surface area contributed by atoms with Crippen molar-refractivity contribution in [2.75, 3.05) is 6.54 Å². The minimum atomic E-state index is 0.136. The molecule has 1 N–H and O–H groups in total. The Balaban J connectivity index is 2.33. The van der Waals surface area contributed by atoms with Crippen LogP contribution >= 0.6 is 0 Å². The van der Waals surface area contributed by atoms with Crippen molar-refractivity contribution >= 4 is 5.91 Å². The first-order chi connectivity index (χ1) is 8.15. The zero-order valence-corrected chi connectivity index (χ0v) is 11.1. The molecule has 0 bridgehead atoms. The van der Waals surface area contributed by atoms with Crippen molar-refractivity contribution < 1.29 is 4.79 Å². The van der Waals surface area contributed by atoms with Gasteiger partial charge in [0, 0.05) is 12.5 Å². The molecule has 0 aliphatic carbocycles.